The Morgan fingerprint density at radius 1 is 0.935 bits per heavy atom. The van der Waals surface area contributed by atoms with Gasteiger partial charge < -0.3 is 9.80 Å². The molecule has 3 aromatic carbocycles. The van der Waals surface area contributed by atoms with Crippen molar-refractivity contribution < 1.29 is 17.6 Å². The number of amides is 1. The Bertz CT molecular complexity index is 1200. The van der Waals surface area contributed by atoms with Gasteiger partial charge in [0.1, 0.15) is 12.4 Å². The molecule has 1 saturated heterocycles. The molecule has 31 heavy (non-hydrogen) atoms. The zero-order valence-corrected chi connectivity index (χ0v) is 18.1. The van der Waals surface area contributed by atoms with Crippen LogP contribution in [0.1, 0.15) is 0 Å². The van der Waals surface area contributed by atoms with Crippen LogP contribution < -0.4 is 9.21 Å². The molecule has 3 aromatic rings. The van der Waals surface area contributed by atoms with E-state index in [4.69, 9.17) is 0 Å². The number of rotatable bonds is 5. The second-order valence-electron chi connectivity index (χ2n) is 7.59. The van der Waals surface area contributed by atoms with Gasteiger partial charge in [0.15, 0.2) is 0 Å². The van der Waals surface area contributed by atoms with Gasteiger partial charge in [-0.15, -0.1) is 0 Å². The van der Waals surface area contributed by atoms with Crippen molar-refractivity contribution in [3.05, 3.63) is 72.5 Å². The monoisotopic (exact) mass is 441 g/mol. The maximum atomic E-state index is 14.1. The lowest BCUT2D eigenvalue weighted by Crippen LogP contribution is -2.52. The molecule has 0 aliphatic carbocycles. The lowest BCUT2D eigenvalue weighted by atomic mass is 10.1. The van der Waals surface area contributed by atoms with Crippen molar-refractivity contribution in [1.82, 2.24) is 4.90 Å². The van der Waals surface area contributed by atoms with Crippen LogP contribution in [0.4, 0.5) is 15.8 Å². The summed E-state index contributed by atoms with van der Waals surface area (Å²) in [5, 5.41) is 1.67. The van der Waals surface area contributed by atoms with Crippen LogP contribution in [0.2, 0.25) is 0 Å². The molecule has 8 heteroatoms. The van der Waals surface area contributed by atoms with Gasteiger partial charge >= 0.3 is 0 Å². The normalized spacial score (nSPS) is 14.6. The molecule has 0 radical (unpaired) electrons. The van der Waals surface area contributed by atoms with Crippen molar-refractivity contribution in [2.24, 2.45) is 0 Å². The molecule has 4 rings (SSSR count). The molecular weight excluding hydrogens is 417 g/mol. The van der Waals surface area contributed by atoms with Crippen LogP contribution in [-0.2, 0) is 14.8 Å². The summed E-state index contributed by atoms with van der Waals surface area (Å²) in [6, 6.07) is 19.5. The Balaban J connectivity index is 1.51. The number of hydrogen-bond donors (Lipinski definition) is 0. The molecule has 0 unspecified atom stereocenters. The van der Waals surface area contributed by atoms with Crippen molar-refractivity contribution in [2.45, 2.75) is 0 Å². The average Bonchev–Trinajstić information content (AvgIpc) is 2.77. The molecule has 0 spiro atoms. The fourth-order valence-corrected chi connectivity index (χ4v) is 4.80. The van der Waals surface area contributed by atoms with Crippen molar-refractivity contribution in [1.29, 1.82) is 0 Å². The second-order valence-corrected chi connectivity index (χ2v) is 9.49. The van der Waals surface area contributed by atoms with Crippen molar-refractivity contribution in [3.8, 4) is 0 Å². The second kappa shape index (κ2) is 8.55. The number of sulfonamides is 1. The van der Waals surface area contributed by atoms with E-state index in [-0.39, 0.29) is 18.3 Å². The molecule has 0 aromatic heterocycles. The maximum Gasteiger partial charge on any atom is 0.243 e. The van der Waals surface area contributed by atoms with E-state index in [1.807, 2.05) is 35.2 Å². The molecule has 1 heterocycles. The van der Waals surface area contributed by atoms with Crippen LogP contribution in [0.25, 0.3) is 10.8 Å². The number of piperazine rings is 1. The van der Waals surface area contributed by atoms with E-state index in [1.54, 1.807) is 35.2 Å². The minimum Gasteiger partial charge on any atom is -0.366 e. The van der Waals surface area contributed by atoms with Gasteiger partial charge in [-0.2, -0.15) is 0 Å². The van der Waals surface area contributed by atoms with E-state index in [0.717, 1.165) is 17.0 Å². The average molecular weight is 442 g/mol. The lowest BCUT2D eigenvalue weighted by Gasteiger charge is -2.37. The minimum absolute atomic E-state index is 0.271. The molecule has 0 N–H and O–H groups in total. The van der Waals surface area contributed by atoms with Gasteiger partial charge in [-0.25, -0.2) is 12.8 Å². The summed E-state index contributed by atoms with van der Waals surface area (Å²) in [5.41, 5.74) is 1.00. The van der Waals surface area contributed by atoms with Crippen LogP contribution >= 0.6 is 0 Å². The van der Waals surface area contributed by atoms with E-state index in [9.17, 15) is 17.6 Å². The zero-order valence-electron chi connectivity index (χ0n) is 17.2. The van der Waals surface area contributed by atoms with E-state index < -0.39 is 10.0 Å². The van der Waals surface area contributed by atoms with Crippen LogP contribution in [0.5, 0.6) is 0 Å². The van der Waals surface area contributed by atoms with Crippen molar-refractivity contribution in [3.63, 3.8) is 0 Å². The molecule has 1 fully saturated rings. The van der Waals surface area contributed by atoms with Crippen LogP contribution in [0.3, 0.4) is 0 Å². The van der Waals surface area contributed by atoms with Crippen molar-refractivity contribution >= 4 is 38.1 Å². The number of carbonyl (C=O) groups excluding carboxylic acids is 1. The number of para-hydroxylation sites is 1. The summed E-state index contributed by atoms with van der Waals surface area (Å²) >= 11 is 0. The fraction of sp³-hybridized carbons (Fsp3) is 0.261. The Morgan fingerprint density at radius 3 is 2.29 bits per heavy atom. The number of anilines is 2. The molecule has 162 valence electrons. The minimum atomic E-state index is -3.68. The predicted molar refractivity (Wildman–Crippen MR) is 121 cm³/mol. The highest BCUT2D eigenvalue weighted by atomic mass is 32.2. The zero-order chi connectivity index (χ0) is 22.0. The predicted octanol–water partition coefficient (Wildman–Crippen LogP) is 3.09. The third-order valence-corrected chi connectivity index (χ3v) is 6.67. The first kappa shape index (κ1) is 21.1. The van der Waals surface area contributed by atoms with Crippen LogP contribution in [0.15, 0.2) is 66.7 Å². The number of nitrogens with zero attached hydrogens (tertiary/aromatic N) is 3. The Morgan fingerprint density at radius 2 is 1.58 bits per heavy atom. The topological polar surface area (TPSA) is 60.9 Å². The van der Waals surface area contributed by atoms with Gasteiger partial charge in [0, 0.05) is 31.6 Å². The third kappa shape index (κ3) is 4.49. The smallest absolute Gasteiger partial charge is 0.243 e. The van der Waals surface area contributed by atoms with Gasteiger partial charge in [-0.05, 0) is 23.6 Å². The van der Waals surface area contributed by atoms with Crippen molar-refractivity contribution in [2.75, 3.05) is 48.2 Å². The fourth-order valence-electron chi connectivity index (χ4n) is 3.93. The SMILES string of the molecule is CS(=O)(=O)N(CC(=O)N1CCN(c2ccccc2F)CC1)c1cccc2ccccc12. The van der Waals surface area contributed by atoms with Gasteiger partial charge in [0.25, 0.3) is 0 Å². The largest absolute Gasteiger partial charge is 0.366 e. The molecule has 0 saturated carbocycles. The highest BCUT2D eigenvalue weighted by Gasteiger charge is 2.28. The third-order valence-electron chi connectivity index (χ3n) is 5.54. The molecule has 0 bridgehead atoms. The summed E-state index contributed by atoms with van der Waals surface area (Å²) in [7, 11) is -3.68. The summed E-state index contributed by atoms with van der Waals surface area (Å²) < 4.78 is 40.4. The van der Waals surface area contributed by atoms with Crippen LogP contribution in [0, 0.1) is 5.82 Å². The van der Waals surface area contributed by atoms with E-state index >= 15 is 0 Å². The molecule has 6 nitrogen and oxygen atoms in total. The number of carbonyl (C=O) groups is 1. The maximum absolute atomic E-state index is 14.1. The standard InChI is InChI=1S/C23H24FN3O3S/c1-31(29,30)27(21-12-6-8-18-7-2-3-9-19(18)21)17-23(28)26-15-13-25(14-16-26)22-11-5-4-10-20(22)24/h2-12H,13-17H2,1H3. The van der Waals surface area contributed by atoms with E-state index in [2.05, 4.69) is 0 Å². The quantitative estimate of drug-likeness (QED) is 0.611. The molecule has 1 aliphatic heterocycles. The Hall–Kier alpha value is -3.13. The number of benzene rings is 3. The van der Waals surface area contributed by atoms with E-state index in [0.29, 0.717) is 37.6 Å². The molecule has 1 aliphatic rings. The lowest BCUT2D eigenvalue weighted by molar-refractivity contribution is -0.129. The first-order chi connectivity index (χ1) is 14.8. The Kier molecular flexibility index (Phi) is 5.82. The molecule has 1 amide bonds. The molecular formula is C23H24FN3O3S. The Labute approximate surface area is 181 Å². The summed E-state index contributed by atoms with van der Waals surface area (Å²) in [4.78, 5) is 16.5. The highest BCUT2D eigenvalue weighted by Crippen LogP contribution is 2.28. The number of hydrogen-bond acceptors (Lipinski definition) is 4. The van der Waals surface area contributed by atoms with Crippen LogP contribution in [-0.4, -0.2) is 58.2 Å². The van der Waals surface area contributed by atoms with Gasteiger partial charge in [-0.1, -0.05) is 48.5 Å². The summed E-state index contributed by atoms with van der Waals surface area (Å²) in [5.74, 6) is -0.562. The first-order valence-corrected chi connectivity index (χ1v) is 11.9. The summed E-state index contributed by atoms with van der Waals surface area (Å²) in [6.07, 6.45) is 1.11. The number of halogens is 1. The van der Waals surface area contributed by atoms with E-state index in [1.165, 1.54) is 10.4 Å². The van der Waals surface area contributed by atoms with Gasteiger partial charge in [0.2, 0.25) is 15.9 Å². The van der Waals surface area contributed by atoms with Gasteiger partial charge in [-0.3, -0.25) is 9.10 Å². The summed E-state index contributed by atoms with van der Waals surface area (Å²) in [6.45, 7) is 1.51. The first-order valence-electron chi connectivity index (χ1n) is 10.1. The number of fused-ring (bicyclic) bond motifs is 1. The van der Waals surface area contributed by atoms with Gasteiger partial charge in [0.05, 0.1) is 17.6 Å². The highest BCUT2D eigenvalue weighted by molar-refractivity contribution is 7.92. The molecule has 0 atom stereocenters.